The zero-order valence-corrected chi connectivity index (χ0v) is 11.6. The van der Waals surface area contributed by atoms with Crippen LogP contribution in [0.5, 0.6) is 17.2 Å². The molecule has 0 bridgehead atoms. The van der Waals surface area contributed by atoms with E-state index in [0.29, 0.717) is 27.8 Å². The highest BCUT2D eigenvalue weighted by molar-refractivity contribution is 6.36. The molecule has 2 aromatic carbocycles. The first-order valence-corrected chi connectivity index (χ1v) is 6.51. The fraction of sp³-hybridized carbons (Fsp3) is 0.0714. The smallest absolute Gasteiger partial charge is 0.231 e. The maximum atomic E-state index is 9.83. The second kappa shape index (κ2) is 5.23. The van der Waals surface area contributed by atoms with Crippen molar-refractivity contribution in [3.05, 3.63) is 45.9 Å². The predicted molar refractivity (Wildman–Crippen MR) is 77.9 cm³/mol. The van der Waals surface area contributed by atoms with Crippen molar-refractivity contribution in [2.24, 2.45) is 4.99 Å². The molecule has 102 valence electrons. The first kappa shape index (κ1) is 13.1. The number of ether oxygens (including phenoxy) is 2. The molecule has 3 rings (SSSR count). The lowest BCUT2D eigenvalue weighted by Crippen LogP contribution is -1.92. The number of halogens is 2. The average Bonchev–Trinajstić information content (AvgIpc) is 2.88. The fourth-order valence-electron chi connectivity index (χ4n) is 1.79. The molecule has 0 aromatic heterocycles. The first-order valence-electron chi connectivity index (χ1n) is 5.75. The minimum Gasteiger partial charge on any atom is -0.506 e. The van der Waals surface area contributed by atoms with Gasteiger partial charge in [-0.25, -0.2) is 0 Å². The number of phenolic OH excluding ortho intramolecular Hbond substituents is 1. The highest BCUT2D eigenvalue weighted by Crippen LogP contribution is 2.35. The molecule has 1 aliphatic rings. The Balaban J connectivity index is 1.91. The van der Waals surface area contributed by atoms with Crippen LogP contribution in [0.3, 0.4) is 0 Å². The third-order valence-corrected chi connectivity index (χ3v) is 3.27. The average molecular weight is 310 g/mol. The number of hydrogen-bond acceptors (Lipinski definition) is 4. The Kier molecular flexibility index (Phi) is 3.42. The molecule has 0 amide bonds. The van der Waals surface area contributed by atoms with Crippen molar-refractivity contribution >= 4 is 35.1 Å². The minimum absolute atomic E-state index is 0.0550. The number of phenols is 1. The highest BCUT2D eigenvalue weighted by Gasteiger charge is 2.13. The van der Waals surface area contributed by atoms with E-state index < -0.39 is 0 Å². The Morgan fingerprint density at radius 1 is 1.10 bits per heavy atom. The van der Waals surface area contributed by atoms with Gasteiger partial charge in [0.05, 0.1) is 10.7 Å². The summed E-state index contributed by atoms with van der Waals surface area (Å²) in [5.74, 6) is 1.28. The summed E-state index contributed by atoms with van der Waals surface area (Å²) < 4.78 is 10.5. The Bertz CT molecular complexity index is 701. The molecule has 0 aliphatic carbocycles. The van der Waals surface area contributed by atoms with Crippen LogP contribution in [-0.2, 0) is 0 Å². The number of hydrogen-bond donors (Lipinski definition) is 1. The molecular weight excluding hydrogens is 301 g/mol. The number of aromatic hydroxyl groups is 1. The molecule has 0 radical (unpaired) electrons. The second-order valence-corrected chi connectivity index (χ2v) is 4.96. The van der Waals surface area contributed by atoms with Gasteiger partial charge in [0.15, 0.2) is 11.5 Å². The standard InChI is InChI=1S/C14H9Cl2NO3/c15-9-3-8(14(18)11(16)4-9)6-17-10-1-2-12-13(5-10)20-7-19-12/h1-6,18H,7H2. The number of rotatable bonds is 2. The lowest BCUT2D eigenvalue weighted by Gasteiger charge is -2.02. The molecule has 2 aromatic rings. The van der Waals surface area contributed by atoms with Gasteiger partial charge in [0, 0.05) is 22.9 Å². The van der Waals surface area contributed by atoms with Gasteiger partial charge in [-0.15, -0.1) is 0 Å². The van der Waals surface area contributed by atoms with E-state index in [2.05, 4.69) is 4.99 Å². The number of fused-ring (bicyclic) bond motifs is 1. The Labute approximate surface area is 125 Å². The van der Waals surface area contributed by atoms with Gasteiger partial charge in [0.2, 0.25) is 6.79 Å². The molecule has 0 fully saturated rings. The molecule has 0 unspecified atom stereocenters. The van der Waals surface area contributed by atoms with Gasteiger partial charge in [-0.3, -0.25) is 4.99 Å². The van der Waals surface area contributed by atoms with Crippen LogP contribution >= 0.6 is 23.2 Å². The SMILES string of the molecule is Oc1c(Cl)cc(Cl)cc1C=Nc1ccc2c(c1)OCO2. The predicted octanol–water partition coefficient (Wildman–Crippen LogP) is 4.18. The molecule has 4 nitrogen and oxygen atoms in total. The normalized spacial score (nSPS) is 13.1. The van der Waals surface area contributed by atoms with Crippen LogP contribution in [0, 0.1) is 0 Å². The summed E-state index contributed by atoms with van der Waals surface area (Å²) >= 11 is 11.7. The van der Waals surface area contributed by atoms with Crippen LogP contribution in [0.25, 0.3) is 0 Å². The van der Waals surface area contributed by atoms with Crippen molar-refractivity contribution in [1.82, 2.24) is 0 Å². The van der Waals surface area contributed by atoms with Crippen molar-refractivity contribution in [1.29, 1.82) is 0 Å². The molecule has 1 heterocycles. The zero-order valence-electron chi connectivity index (χ0n) is 10.1. The second-order valence-electron chi connectivity index (χ2n) is 4.12. The molecule has 0 atom stereocenters. The minimum atomic E-state index is -0.0550. The van der Waals surface area contributed by atoms with Crippen molar-refractivity contribution < 1.29 is 14.6 Å². The molecule has 0 saturated heterocycles. The number of nitrogens with zero attached hydrogens (tertiary/aromatic N) is 1. The van der Waals surface area contributed by atoms with Gasteiger partial charge in [-0.1, -0.05) is 23.2 Å². The van der Waals surface area contributed by atoms with Crippen LogP contribution in [0.15, 0.2) is 35.3 Å². The molecule has 20 heavy (non-hydrogen) atoms. The largest absolute Gasteiger partial charge is 0.506 e. The number of benzene rings is 2. The third kappa shape index (κ3) is 2.53. The lowest BCUT2D eigenvalue weighted by molar-refractivity contribution is 0.174. The van der Waals surface area contributed by atoms with Crippen molar-refractivity contribution in [2.45, 2.75) is 0 Å². The van der Waals surface area contributed by atoms with Gasteiger partial charge in [0.1, 0.15) is 5.75 Å². The van der Waals surface area contributed by atoms with E-state index in [1.807, 2.05) is 0 Å². The first-order chi connectivity index (χ1) is 9.63. The molecule has 0 spiro atoms. The van der Waals surface area contributed by atoms with Gasteiger partial charge >= 0.3 is 0 Å². The Hall–Kier alpha value is -1.91. The highest BCUT2D eigenvalue weighted by atomic mass is 35.5. The number of aliphatic imine (C=N–C) groups is 1. The van der Waals surface area contributed by atoms with Crippen LogP contribution in [0.2, 0.25) is 10.0 Å². The third-order valence-electron chi connectivity index (χ3n) is 2.77. The summed E-state index contributed by atoms with van der Waals surface area (Å²) in [6.07, 6.45) is 1.49. The van der Waals surface area contributed by atoms with Gasteiger partial charge in [0.25, 0.3) is 0 Å². The van der Waals surface area contributed by atoms with Gasteiger partial charge in [-0.2, -0.15) is 0 Å². The van der Waals surface area contributed by atoms with Crippen LogP contribution < -0.4 is 9.47 Å². The Morgan fingerprint density at radius 3 is 2.75 bits per heavy atom. The molecule has 1 aliphatic heterocycles. The van der Waals surface area contributed by atoms with Crippen molar-refractivity contribution in [3.8, 4) is 17.2 Å². The summed E-state index contributed by atoms with van der Waals surface area (Å²) in [5, 5.41) is 10.4. The maximum Gasteiger partial charge on any atom is 0.231 e. The maximum absolute atomic E-state index is 9.83. The topological polar surface area (TPSA) is 51.1 Å². The van der Waals surface area contributed by atoms with E-state index >= 15 is 0 Å². The van der Waals surface area contributed by atoms with Crippen LogP contribution in [0.1, 0.15) is 5.56 Å². The molecular formula is C14H9Cl2NO3. The lowest BCUT2D eigenvalue weighted by atomic mass is 10.2. The van der Waals surface area contributed by atoms with Crippen LogP contribution in [-0.4, -0.2) is 18.1 Å². The summed E-state index contributed by atoms with van der Waals surface area (Å²) in [4.78, 5) is 4.26. The van der Waals surface area contributed by atoms with Gasteiger partial charge < -0.3 is 14.6 Å². The quantitative estimate of drug-likeness (QED) is 0.847. The van der Waals surface area contributed by atoms with Gasteiger partial charge in [-0.05, 0) is 24.3 Å². The van der Waals surface area contributed by atoms with E-state index in [9.17, 15) is 5.11 Å². The zero-order chi connectivity index (χ0) is 14.1. The molecule has 0 saturated carbocycles. The Morgan fingerprint density at radius 2 is 1.90 bits per heavy atom. The summed E-state index contributed by atoms with van der Waals surface area (Å²) in [6.45, 7) is 0.215. The monoisotopic (exact) mass is 309 g/mol. The summed E-state index contributed by atoms with van der Waals surface area (Å²) in [5.41, 5.74) is 1.12. The molecule has 6 heteroatoms. The van der Waals surface area contributed by atoms with E-state index in [4.69, 9.17) is 32.7 Å². The van der Waals surface area contributed by atoms with Crippen LogP contribution in [0.4, 0.5) is 5.69 Å². The van der Waals surface area contributed by atoms with Crippen molar-refractivity contribution in [2.75, 3.05) is 6.79 Å². The molecule has 1 N–H and O–H groups in total. The van der Waals surface area contributed by atoms with Crippen molar-refractivity contribution in [3.63, 3.8) is 0 Å². The van der Waals surface area contributed by atoms with E-state index in [1.165, 1.54) is 12.3 Å². The van der Waals surface area contributed by atoms with E-state index in [0.717, 1.165) is 0 Å². The van der Waals surface area contributed by atoms with E-state index in [-0.39, 0.29) is 17.6 Å². The fourth-order valence-corrected chi connectivity index (χ4v) is 2.30. The van der Waals surface area contributed by atoms with E-state index in [1.54, 1.807) is 24.3 Å². The summed E-state index contributed by atoms with van der Waals surface area (Å²) in [7, 11) is 0. The summed E-state index contributed by atoms with van der Waals surface area (Å²) in [6, 6.07) is 8.37.